The molecule has 2 heterocycles. The monoisotopic (exact) mass is 296 g/mol. The molecule has 0 spiro atoms. The van der Waals surface area contributed by atoms with Crippen LogP contribution in [0.5, 0.6) is 5.75 Å². The molecule has 116 valence electrons. The van der Waals surface area contributed by atoms with Crippen LogP contribution in [0.15, 0.2) is 24.3 Å². The lowest BCUT2D eigenvalue weighted by molar-refractivity contribution is -0.0498. The fourth-order valence-electron chi connectivity index (χ4n) is 3.46. The third kappa shape index (κ3) is 3.52. The summed E-state index contributed by atoms with van der Waals surface area (Å²) in [6.07, 6.45) is 3.75. The van der Waals surface area contributed by atoms with E-state index < -0.39 is 6.61 Å². The number of ether oxygens (including phenoxy) is 1. The van der Waals surface area contributed by atoms with Crippen LogP contribution in [-0.4, -0.2) is 36.7 Å². The topological polar surface area (TPSA) is 24.5 Å². The third-order valence-corrected chi connectivity index (χ3v) is 4.69. The molecule has 2 aliphatic heterocycles. The van der Waals surface area contributed by atoms with Gasteiger partial charge < -0.3 is 10.1 Å². The molecule has 2 aliphatic rings. The van der Waals surface area contributed by atoms with Crippen molar-refractivity contribution in [3.8, 4) is 5.75 Å². The van der Waals surface area contributed by atoms with Gasteiger partial charge in [0.1, 0.15) is 5.75 Å². The second-order valence-electron chi connectivity index (χ2n) is 6.04. The quantitative estimate of drug-likeness (QED) is 0.923. The van der Waals surface area contributed by atoms with Crippen molar-refractivity contribution in [3.05, 3.63) is 29.8 Å². The summed E-state index contributed by atoms with van der Waals surface area (Å²) in [5.74, 6) is 0.220. The minimum Gasteiger partial charge on any atom is -0.435 e. The lowest BCUT2D eigenvalue weighted by Gasteiger charge is -2.30. The first kappa shape index (κ1) is 14.7. The highest BCUT2D eigenvalue weighted by molar-refractivity contribution is 5.29. The second kappa shape index (κ2) is 6.28. The number of rotatable bonds is 4. The van der Waals surface area contributed by atoms with Crippen LogP contribution in [0, 0.1) is 0 Å². The van der Waals surface area contributed by atoms with Crippen molar-refractivity contribution in [2.45, 2.75) is 50.9 Å². The van der Waals surface area contributed by atoms with Crippen molar-refractivity contribution in [3.63, 3.8) is 0 Å². The van der Waals surface area contributed by atoms with Crippen molar-refractivity contribution in [2.75, 3.05) is 13.1 Å². The molecule has 0 saturated carbocycles. The Morgan fingerprint density at radius 3 is 2.57 bits per heavy atom. The molecular formula is C16H22F2N2O. The molecule has 5 heteroatoms. The Morgan fingerprint density at radius 1 is 1.14 bits per heavy atom. The normalized spacial score (nSPS) is 27.6. The SMILES string of the molecule is CC(c1ccc(OC(F)F)cc1)N1CCC2CCC(C1)N2. The van der Waals surface area contributed by atoms with Gasteiger partial charge in [-0.25, -0.2) is 0 Å². The van der Waals surface area contributed by atoms with E-state index in [0.717, 1.165) is 18.7 Å². The minimum atomic E-state index is -2.76. The summed E-state index contributed by atoms with van der Waals surface area (Å²) < 4.78 is 28.7. The predicted molar refractivity (Wildman–Crippen MR) is 77.6 cm³/mol. The number of halogens is 2. The Kier molecular flexibility index (Phi) is 4.40. The Balaban J connectivity index is 1.65. The zero-order valence-electron chi connectivity index (χ0n) is 12.3. The lowest BCUT2D eigenvalue weighted by Crippen LogP contribution is -2.36. The van der Waals surface area contributed by atoms with Gasteiger partial charge in [0.25, 0.3) is 0 Å². The molecule has 21 heavy (non-hydrogen) atoms. The average molecular weight is 296 g/mol. The van der Waals surface area contributed by atoms with Gasteiger partial charge in [-0.2, -0.15) is 8.78 Å². The molecule has 1 N–H and O–H groups in total. The maximum absolute atomic E-state index is 12.2. The molecule has 2 fully saturated rings. The van der Waals surface area contributed by atoms with Crippen LogP contribution in [0.2, 0.25) is 0 Å². The van der Waals surface area contributed by atoms with Crippen LogP contribution in [0.25, 0.3) is 0 Å². The van der Waals surface area contributed by atoms with Gasteiger partial charge in [0.2, 0.25) is 0 Å². The van der Waals surface area contributed by atoms with E-state index in [2.05, 4.69) is 21.9 Å². The number of hydrogen-bond acceptors (Lipinski definition) is 3. The highest BCUT2D eigenvalue weighted by atomic mass is 19.3. The van der Waals surface area contributed by atoms with Gasteiger partial charge in [-0.3, -0.25) is 4.90 Å². The van der Waals surface area contributed by atoms with Crippen LogP contribution in [0.3, 0.4) is 0 Å². The first-order valence-corrected chi connectivity index (χ1v) is 7.66. The van der Waals surface area contributed by atoms with Crippen molar-refractivity contribution < 1.29 is 13.5 Å². The van der Waals surface area contributed by atoms with Crippen LogP contribution >= 0.6 is 0 Å². The van der Waals surface area contributed by atoms with E-state index in [1.165, 1.54) is 19.3 Å². The maximum atomic E-state index is 12.2. The minimum absolute atomic E-state index is 0.220. The number of likely N-dealkylation sites (tertiary alicyclic amines) is 1. The van der Waals surface area contributed by atoms with Crippen molar-refractivity contribution in [1.29, 1.82) is 0 Å². The summed E-state index contributed by atoms with van der Waals surface area (Å²) in [6.45, 7) is 1.57. The Hall–Kier alpha value is -1.20. The Bertz CT molecular complexity index is 466. The van der Waals surface area contributed by atoms with Gasteiger partial charge in [0, 0.05) is 31.2 Å². The highest BCUT2D eigenvalue weighted by Crippen LogP contribution is 2.28. The van der Waals surface area contributed by atoms with E-state index in [9.17, 15) is 8.78 Å². The van der Waals surface area contributed by atoms with Gasteiger partial charge in [-0.15, -0.1) is 0 Å². The largest absolute Gasteiger partial charge is 0.435 e. The number of benzene rings is 1. The predicted octanol–water partition coefficient (Wildman–Crippen LogP) is 3.18. The van der Waals surface area contributed by atoms with Gasteiger partial charge in [0.05, 0.1) is 0 Å². The molecule has 0 aromatic heterocycles. The van der Waals surface area contributed by atoms with E-state index in [-0.39, 0.29) is 5.75 Å². The lowest BCUT2D eigenvalue weighted by atomic mass is 10.0. The van der Waals surface area contributed by atoms with Crippen molar-refractivity contribution in [2.24, 2.45) is 0 Å². The van der Waals surface area contributed by atoms with E-state index in [0.29, 0.717) is 18.1 Å². The first-order valence-electron chi connectivity index (χ1n) is 7.66. The molecular weight excluding hydrogens is 274 g/mol. The summed E-state index contributed by atoms with van der Waals surface area (Å²) in [6, 6.07) is 8.60. The zero-order valence-corrected chi connectivity index (χ0v) is 12.3. The standard InChI is InChI=1S/C16H22F2N2O/c1-11(12-2-6-15(7-3-12)21-16(17)18)20-9-8-13-4-5-14(10-20)19-13/h2-3,6-7,11,13-14,16,19H,4-5,8-10H2,1H3. The summed E-state index contributed by atoms with van der Waals surface area (Å²) in [7, 11) is 0. The van der Waals surface area contributed by atoms with Crippen LogP contribution in [0.4, 0.5) is 8.78 Å². The molecule has 0 radical (unpaired) electrons. The van der Waals surface area contributed by atoms with Gasteiger partial charge in [-0.1, -0.05) is 12.1 Å². The fraction of sp³-hybridized carbons (Fsp3) is 0.625. The number of alkyl halides is 2. The van der Waals surface area contributed by atoms with E-state index >= 15 is 0 Å². The smallest absolute Gasteiger partial charge is 0.387 e. The van der Waals surface area contributed by atoms with Gasteiger partial charge in [0.15, 0.2) is 0 Å². The van der Waals surface area contributed by atoms with E-state index in [4.69, 9.17) is 0 Å². The molecule has 2 bridgehead atoms. The number of fused-ring (bicyclic) bond motifs is 2. The van der Waals surface area contributed by atoms with E-state index in [1.54, 1.807) is 12.1 Å². The molecule has 2 saturated heterocycles. The molecule has 1 aromatic rings. The summed E-state index contributed by atoms with van der Waals surface area (Å²) in [5, 5.41) is 3.67. The van der Waals surface area contributed by atoms with Crippen molar-refractivity contribution >= 4 is 0 Å². The molecule has 3 rings (SSSR count). The summed E-state index contributed by atoms with van der Waals surface area (Å²) in [5.41, 5.74) is 1.15. The Labute approximate surface area is 124 Å². The molecule has 1 aromatic carbocycles. The van der Waals surface area contributed by atoms with Crippen molar-refractivity contribution in [1.82, 2.24) is 10.2 Å². The van der Waals surface area contributed by atoms with Gasteiger partial charge in [-0.05, 0) is 43.9 Å². The second-order valence-corrected chi connectivity index (χ2v) is 6.04. The van der Waals surface area contributed by atoms with E-state index in [1.807, 2.05) is 12.1 Å². The van der Waals surface area contributed by atoms with Crippen LogP contribution < -0.4 is 10.1 Å². The fourth-order valence-corrected chi connectivity index (χ4v) is 3.46. The number of hydrogen-bond donors (Lipinski definition) is 1. The molecule has 0 aliphatic carbocycles. The first-order chi connectivity index (χ1) is 10.1. The third-order valence-electron chi connectivity index (χ3n) is 4.69. The van der Waals surface area contributed by atoms with Crippen LogP contribution in [-0.2, 0) is 0 Å². The molecule has 0 amide bonds. The average Bonchev–Trinajstić information content (AvgIpc) is 2.78. The molecule has 3 atom stereocenters. The number of nitrogens with zero attached hydrogens (tertiary/aromatic N) is 1. The molecule has 3 nitrogen and oxygen atoms in total. The number of nitrogens with one attached hydrogen (secondary N) is 1. The summed E-state index contributed by atoms with van der Waals surface area (Å²) >= 11 is 0. The molecule has 3 unspecified atom stereocenters. The maximum Gasteiger partial charge on any atom is 0.387 e. The zero-order chi connectivity index (χ0) is 14.8. The van der Waals surface area contributed by atoms with Gasteiger partial charge >= 0.3 is 6.61 Å². The van der Waals surface area contributed by atoms with Crippen LogP contribution in [0.1, 0.15) is 37.8 Å². The highest BCUT2D eigenvalue weighted by Gasteiger charge is 2.31. The Morgan fingerprint density at radius 2 is 1.86 bits per heavy atom. The summed E-state index contributed by atoms with van der Waals surface area (Å²) in [4.78, 5) is 2.49.